The molecule has 2 aliphatic rings. The second-order valence-corrected chi connectivity index (χ2v) is 10.5. The average molecular weight is 549 g/mol. The molecule has 2 heterocycles. The highest BCUT2D eigenvalue weighted by Crippen LogP contribution is 2.61. The fourth-order valence-electron chi connectivity index (χ4n) is 5.34. The van der Waals surface area contributed by atoms with Gasteiger partial charge >= 0.3 is 0 Å². The van der Waals surface area contributed by atoms with Gasteiger partial charge in [0.25, 0.3) is 11.8 Å². The number of rotatable bonds is 8. The lowest BCUT2D eigenvalue weighted by molar-refractivity contribution is -0.125. The molecule has 2 aromatic carbocycles. The molecule has 6 rings (SSSR count). The maximum absolute atomic E-state index is 14.6. The Bertz CT molecular complexity index is 1420. The third-order valence-electron chi connectivity index (χ3n) is 7.33. The number of Topliss-reactive ketones (excluding diaryl/α,β-unsaturated/α-hetero) is 1. The number of ketones is 1. The van der Waals surface area contributed by atoms with Crippen molar-refractivity contribution in [1.29, 1.82) is 0 Å². The quantitative estimate of drug-likeness (QED) is 0.264. The number of amides is 2. The van der Waals surface area contributed by atoms with Crippen LogP contribution in [0.4, 0.5) is 0 Å². The first kappa shape index (κ1) is 24.4. The highest BCUT2D eigenvalue weighted by atomic mass is 35.5. The van der Waals surface area contributed by atoms with Gasteiger partial charge in [0, 0.05) is 11.8 Å². The van der Waals surface area contributed by atoms with Crippen molar-refractivity contribution in [1.82, 2.24) is 30.6 Å². The fraction of sp³-hybridized carbons (Fsp3) is 0.222. The molecule has 2 aromatic heterocycles. The standard InChI is InChI=1S/C27H22Cl2N6O3/c28-19-13-30-21(32-19)23(36)34-26(11-17(26)15-7-3-1-4-8-15)25(38)27(12-18(27)16-9-5-2-6-10-16)35-24(37)22-31-14-20(29)33-22/h1-10,13-14,17-18H,11-12H2,(H,30,32)(H,31,33)(H,34,36)(H,35,37). The highest BCUT2D eigenvalue weighted by Gasteiger charge is 2.73. The summed E-state index contributed by atoms with van der Waals surface area (Å²) in [5, 5.41) is 6.30. The van der Waals surface area contributed by atoms with Crippen molar-refractivity contribution >= 4 is 40.8 Å². The van der Waals surface area contributed by atoms with Crippen LogP contribution in [0, 0.1) is 0 Å². The summed E-state index contributed by atoms with van der Waals surface area (Å²) in [6, 6.07) is 19.0. The number of nitrogens with zero attached hydrogens (tertiary/aromatic N) is 2. The van der Waals surface area contributed by atoms with Gasteiger partial charge < -0.3 is 20.6 Å². The smallest absolute Gasteiger partial charge is 0.287 e. The van der Waals surface area contributed by atoms with Crippen molar-refractivity contribution in [3.05, 3.63) is 106 Å². The maximum Gasteiger partial charge on any atom is 0.287 e. The molecule has 11 heteroatoms. The number of aromatic nitrogens is 4. The summed E-state index contributed by atoms with van der Waals surface area (Å²) in [4.78, 5) is 54.4. The molecule has 2 saturated carbocycles. The van der Waals surface area contributed by atoms with Crippen LogP contribution in [0.3, 0.4) is 0 Å². The molecule has 4 aromatic rings. The molecule has 2 aliphatic carbocycles. The zero-order chi connectivity index (χ0) is 26.5. The number of carbonyl (C=O) groups is 3. The molecule has 2 amide bonds. The Hall–Kier alpha value is -3.95. The lowest BCUT2D eigenvalue weighted by atomic mass is 9.92. The predicted molar refractivity (Wildman–Crippen MR) is 140 cm³/mol. The Labute approximate surface area is 227 Å². The van der Waals surface area contributed by atoms with Gasteiger partial charge in [-0.25, -0.2) is 9.97 Å². The van der Waals surface area contributed by atoms with E-state index >= 15 is 0 Å². The topological polar surface area (TPSA) is 133 Å². The second-order valence-electron chi connectivity index (χ2n) is 9.67. The van der Waals surface area contributed by atoms with Gasteiger partial charge in [-0.3, -0.25) is 14.4 Å². The van der Waals surface area contributed by atoms with Crippen molar-refractivity contribution < 1.29 is 14.4 Å². The lowest BCUT2D eigenvalue weighted by Gasteiger charge is -2.26. The first-order chi connectivity index (χ1) is 18.3. The largest absolute Gasteiger partial charge is 0.336 e. The monoisotopic (exact) mass is 548 g/mol. The zero-order valence-corrected chi connectivity index (χ0v) is 21.4. The summed E-state index contributed by atoms with van der Waals surface area (Å²) in [5.74, 6) is -1.95. The number of imidazole rings is 2. The van der Waals surface area contributed by atoms with E-state index in [0.717, 1.165) is 11.1 Å². The predicted octanol–water partition coefficient (Wildman–Crippen LogP) is 4.02. The molecule has 0 aliphatic heterocycles. The average Bonchev–Trinajstić information content (AvgIpc) is 3.71. The Balaban J connectivity index is 1.38. The van der Waals surface area contributed by atoms with E-state index in [2.05, 4.69) is 30.6 Å². The summed E-state index contributed by atoms with van der Waals surface area (Å²) in [6.07, 6.45) is 3.41. The van der Waals surface area contributed by atoms with Crippen LogP contribution in [0.2, 0.25) is 10.3 Å². The van der Waals surface area contributed by atoms with Gasteiger partial charge in [0.05, 0.1) is 12.4 Å². The third kappa shape index (κ3) is 4.17. The maximum atomic E-state index is 14.6. The SMILES string of the molecule is O=C(NC1(C(=O)C2(NC(=O)c3ncc(Cl)[nH]3)CC2c2ccccc2)CC1c1ccccc1)c1ncc(Cl)[nH]1. The van der Waals surface area contributed by atoms with Crippen LogP contribution in [0.15, 0.2) is 73.1 Å². The second kappa shape index (κ2) is 9.11. The molecule has 4 N–H and O–H groups in total. The van der Waals surface area contributed by atoms with Crippen molar-refractivity contribution in [2.75, 3.05) is 0 Å². The summed E-state index contributed by atoms with van der Waals surface area (Å²) < 4.78 is 0. The molecular weight excluding hydrogens is 527 g/mol. The number of benzene rings is 2. The summed E-state index contributed by atoms with van der Waals surface area (Å²) in [5.41, 5.74) is -0.686. The van der Waals surface area contributed by atoms with Crippen LogP contribution in [-0.4, -0.2) is 48.6 Å². The van der Waals surface area contributed by atoms with Gasteiger partial charge in [0.2, 0.25) is 0 Å². The number of carbonyl (C=O) groups excluding carboxylic acids is 3. The molecule has 0 spiro atoms. The minimum atomic E-state index is -1.25. The first-order valence-electron chi connectivity index (χ1n) is 12.0. The number of aromatic amines is 2. The van der Waals surface area contributed by atoms with E-state index in [9.17, 15) is 14.4 Å². The van der Waals surface area contributed by atoms with Gasteiger partial charge in [-0.1, -0.05) is 83.9 Å². The van der Waals surface area contributed by atoms with E-state index in [-0.39, 0.29) is 39.6 Å². The number of hydrogen-bond acceptors (Lipinski definition) is 5. The van der Waals surface area contributed by atoms with E-state index in [1.165, 1.54) is 12.4 Å². The van der Waals surface area contributed by atoms with Crippen LogP contribution in [0.5, 0.6) is 0 Å². The summed E-state index contributed by atoms with van der Waals surface area (Å²) >= 11 is 11.9. The summed E-state index contributed by atoms with van der Waals surface area (Å²) in [6.45, 7) is 0. The van der Waals surface area contributed by atoms with Gasteiger partial charge in [0.15, 0.2) is 17.4 Å². The van der Waals surface area contributed by atoms with Crippen molar-refractivity contribution in [2.24, 2.45) is 0 Å². The normalized spacial score (nSPS) is 25.4. The van der Waals surface area contributed by atoms with E-state index in [4.69, 9.17) is 23.2 Å². The first-order valence-corrected chi connectivity index (χ1v) is 12.8. The van der Waals surface area contributed by atoms with Gasteiger partial charge in [-0.05, 0) is 24.0 Å². The zero-order valence-electron chi connectivity index (χ0n) is 19.9. The van der Waals surface area contributed by atoms with Gasteiger partial charge in [-0.15, -0.1) is 0 Å². The Morgan fingerprint density at radius 3 is 1.45 bits per heavy atom. The Kier molecular flexibility index (Phi) is 5.85. The van der Waals surface area contributed by atoms with Crippen LogP contribution in [0.25, 0.3) is 0 Å². The number of halogens is 2. The number of H-pyrrole nitrogens is 2. The van der Waals surface area contributed by atoms with Crippen molar-refractivity contribution in [3.8, 4) is 0 Å². The van der Waals surface area contributed by atoms with Crippen LogP contribution in [-0.2, 0) is 4.79 Å². The molecule has 4 unspecified atom stereocenters. The van der Waals surface area contributed by atoms with Crippen LogP contribution >= 0.6 is 23.2 Å². The van der Waals surface area contributed by atoms with E-state index in [1.807, 2.05) is 60.7 Å². The Morgan fingerprint density at radius 2 is 1.11 bits per heavy atom. The molecule has 0 radical (unpaired) electrons. The highest BCUT2D eigenvalue weighted by molar-refractivity contribution is 6.29. The molecule has 2 fully saturated rings. The van der Waals surface area contributed by atoms with E-state index in [0.29, 0.717) is 12.8 Å². The fourth-order valence-corrected chi connectivity index (χ4v) is 5.62. The lowest BCUT2D eigenvalue weighted by Crippen LogP contribution is -2.56. The van der Waals surface area contributed by atoms with Crippen molar-refractivity contribution in [2.45, 2.75) is 35.8 Å². The molecule has 38 heavy (non-hydrogen) atoms. The molecule has 4 atom stereocenters. The Morgan fingerprint density at radius 1 is 0.711 bits per heavy atom. The van der Waals surface area contributed by atoms with Crippen LogP contribution in [0.1, 0.15) is 57.0 Å². The minimum Gasteiger partial charge on any atom is -0.336 e. The van der Waals surface area contributed by atoms with Gasteiger partial charge in [-0.2, -0.15) is 0 Å². The molecule has 9 nitrogen and oxygen atoms in total. The van der Waals surface area contributed by atoms with Gasteiger partial charge in [0.1, 0.15) is 21.4 Å². The van der Waals surface area contributed by atoms with Crippen LogP contribution < -0.4 is 10.6 Å². The molecule has 0 saturated heterocycles. The van der Waals surface area contributed by atoms with E-state index in [1.54, 1.807) is 0 Å². The third-order valence-corrected chi connectivity index (χ3v) is 7.71. The number of nitrogens with one attached hydrogen (secondary N) is 4. The minimum absolute atomic E-state index is 0.000365. The summed E-state index contributed by atoms with van der Waals surface area (Å²) in [7, 11) is 0. The molecular formula is C27H22Cl2N6O3. The number of hydrogen-bond donors (Lipinski definition) is 4. The van der Waals surface area contributed by atoms with E-state index < -0.39 is 22.9 Å². The molecule has 192 valence electrons. The van der Waals surface area contributed by atoms with Crippen molar-refractivity contribution in [3.63, 3.8) is 0 Å². The molecule has 0 bridgehead atoms.